The Balaban J connectivity index is 1.91. The molecule has 0 aliphatic heterocycles. The van der Waals surface area contributed by atoms with Crippen molar-refractivity contribution < 1.29 is 4.79 Å². The summed E-state index contributed by atoms with van der Waals surface area (Å²) >= 11 is 0. The first-order valence-electron chi connectivity index (χ1n) is 7.63. The van der Waals surface area contributed by atoms with Gasteiger partial charge in [0.1, 0.15) is 0 Å². The quantitative estimate of drug-likeness (QED) is 0.888. The fourth-order valence-corrected chi connectivity index (χ4v) is 2.45. The molecule has 0 spiro atoms. The molecule has 0 saturated heterocycles. The van der Waals surface area contributed by atoms with E-state index in [1.54, 1.807) is 0 Å². The standard InChI is InChI=1S/C19H24N2O/c1-15(13-16-7-5-4-6-8-16)20-19(22)18-11-9-17(10-12-18)14-21(2)3/h4-12,15H,13-14H2,1-3H3,(H,20,22)/t15-/m0/s1. The van der Waals surface area contributed by atoms with Gasteiger partial charge in [-0.2, -0.15) is 0 Å². The van der Waals surface area contributed by atoms with Crippen LogP contribution in [0.15, 0.2) is 54.6 Å². The Labute approximate surface area is 133 Å². The average molecular weight is 296 g/mol. The van der Waals surface area contributed by atoms with E-state index < -0.39 is 0 Å². The SMILES string of the molecule is C[C@@H](Cc1ccccc1)NC(=O)c1ccc(CN(C)C)cc1. The minimum atomic E-state index is -0.0140. The number of amides is 1. The number of carbonyl (C=O) groups is 1. The van der Waals surface area contributed by atoms with Crippen LogP contribution in [0.5, 0.6) is 0 Å². The summed E-state index contributed by atoms with van der Waals surface area (Å²) in [6, 6.07) is 18.1. The minimum Gasteiger partial charge on any atom is -0.349 e. The Hall–Kier alpha value is -2.13. The maximum absolute atomic E-state index is 12.3. The molecule has 0 heterocycles. The van der Waals surface area contributed by atoms with Crippen LogP contribution in [0.1, 0.15) is 28.4 Å². The van der Waals surface area contributed by atoms with Crippen LogP contribution in [0.4, 0.5) is 0 Å². The van der Waals surface area contributed by atoms with Crippen molar-refractivity contribution in [3.63, 3.8) is 0 Å². The number of nitrogens with zero attached hydrogens (tertiary/aromatic N) is 1. The third kappa shape index (κ3) is 5.01. The molecule has 0 aliphatic carbocycles. The van der Waals surface area contributed by atoms with Gasteiger partial charge in [-0.25, -0.2) is 0 Å². The molecule has 116 valence electrons. The third-order valence-corrected chi connectivity index (χ3v) is 3.48. The Morgan fingerprint density at radius 2 is 1.64 bits per heavy atom. The van der Waals surface area contributed by atoms with E-state index in [9.17, 15) is 4.79 Å². The zero-order valence-corrected chi connectivity index (χ0v) is 13.5. The molecular formula is C19H24N2O. The summed E-state index contributed by atoms with van der Waals surface area (Å²) < 4.78 is 0. The predicted octanol–water partition coefficient (Wildman–Crippen LogP) is 3.11. The maximum atomic E-state index is 12.3. The molecule has 3 heteroatoms. The van der Waals surface area contributed by atoms with Crippen molar-refractivity contribution in [1.82, 2.24) is 10.2 Å². The van der Waals surface area contributed by atoms with Gasteiger partial charge in [0.25, 0.3) is 5.91 Å². The van der Waals surface area contributed by atoms with Gasteiger partial charge in [-0.1, -0.05) is 42.5 Å². The van der Waals surface area contributed by atoms with E-state index in [0.717, 1.165) is 13.0 Å². The normalized spacial score (nSPS) is 12.2. The van der Waals surface area contributed by atoms with Gasteiger partial charge in [0.05, 0.1) is 0 Å². The first-order chi connectivity index (χ1) is 10.5. The lowest BCUT2D eigenvalue weighted by Gasteiger charge is -2.14. The summed E-state index contributed by atoms with van der Waals surface area (Å²) in [6.07, 6.45) is 0.839. The summed E-state index contributed by atoms with van der Waals surface area (Å²) in [4.78, 5) is 14.4. The molecule has 3 nitrogen and oxygen atoms in total. The molecule has 2 rings (SSSR count). The van der Waals surface area contributed by atoms with E-state index in [0.29, 0.717) is 5.56 Å². The lowest BCUT2D eigenvalue weighted by atomic mass is 10.1. The van der Waals surface area contributed by atoms with Crippen molar-refractivity contribution in [2.75, 3.05) is 14.1 Å². The van der Waals surface area contributed by atoms with Gasteiger partial charge in [0.2, 0.25) is 0 Å². The molecule has 1 amide bonds. The summed E-state index contributed by atoms with van der Waals surface area (Å²) in [5.74, 6) is -0.0140. The van der Waals surface area contributed by atoms with Crippen LogP contribution < -0.4 is 5.32 Å². The summed E-state index contributed by atoms with van der Waals surface area (Å²) in [7, 11) is 4.07. The molecule has 2 aromatic carbocycles. The smallest absolute Gasteiger partial charge is 0.251 e. The molecule has 0 aromatic heterocycles. The Morgan fingerprint density at radius 1 is 1.00 bits per heavy atom. The van der Waals surface area contributed by atoms with Gasteiger partial charge in [-0.3, -0.25) is 4.79 Å². The first-order valence-corrected chi connectivity index (χ1v) is 7.63. The minimum absolute atomic E-state index is 0.0140. The Morgan fingerprint density at radius 3 is 2.23 bits per heavy atom. The summed E-state index contributed by atoms with van der Waals surface area (Å²) in [6.45, 7) is 2.91. The molecule has 1 atom stereocenters. The van der Waals surface area contributed by atoms with Crippen LogP contribution in [0.3, 0.4) is 0 Å². The van der Waals surface area contributed by atoms with Crippen LogP contribution in [-0.4, -0.2) is 30.9 Å². The fraction of sp³-hybridized carbons (Fsp3) is 0.316. The largest absolute Gasteiger partial charge is 0.349 e. The number of carbonyl (C=O) groups excluding carboxylic acids is 1. The lowest BCUT2D eigenvalue weighted by Crippen LogP contribution is -2.34. The molecule has 0 saturated carbocycles. The van der Waals surface area contributed by atoms with Gasteiger partial charge in [0.15, 0.2) is 0 Å². The van der Waals surface area contributed by atoms with E-state index in [1.807, 2.05) is 63.5 Å². The predicted molar refractivity (Wildman–Crippen MR) is 90.9 cm³/mol. The Bertz CT molecular complexity index is 591. The van der Waals surface area contributed by atoms with E-state index in [1.165, 1.54) is 11.1 Å². The van der Waals surface area contributed by atoms with Crippen molar-refractivity contribution >= 4 is 5.91 Å². The molecule has 1 N–H and O–H groups in total. The zero-order valence-electron chi connectivity index (χ0n) is 13.5. The first kappa shape index (κ1) is 16.2. The highest BCUT2D eigenvalue weighted by atomic mass is 16.1. The zero-order chi connectivity index (χ0) is 15.9. The van der Waals surface area contributed by atoms with Crippen molar-refractivity contribution in [2.45, 2.75) is 25.9 Å². The highest BCUT2D eigenvalue weighted by molar-refractivity contribution is 5.94. The number of rotatable bonds is 6. The van der Waals surface area contributed by atoms with Gasteiger partial charge >= 0.3 is 0 Å². The molecule has 0 radical (unpaired) electrons. The van der Waals surface area contributed by atoms with E-state index in [2.05, 4.69) is 22.3 Å². The third-order valence-electron chi connectivity index (χ3n) is 3.48. The lowest BCUT2D eigenvalue weighted by molar-refractivity contribution is 0.0940. The van der Waals surface area contributed by atoms with Crippen molar-refractivity contribution in [1.29, 1.82) is 0 Å². The molecule has 0 aliphatic rings. The number of hydrogen-bond acceptors (Lipinski definition) is 2. The van der Waals surface area contributed by atoms with Gasteiger partial charge in [0, 0.05) is 18.2 Å². The molecule has 0 unspecified atom stereocenters. The van der Waals surface area contributed by atoms with Crippen LogP contribution in [0, 0.1) is 0 Å². The molecule has 2 aromatic rings. The highest BCUT2D eigenvalue weighted by Crippen LogP contribution is 2.08. The van der Waals surface area contributed by atoms with E-state index in [4.69, 9.17) is 0 Å². The average Bonchev–Trinajstić information content (AvgIpc) is 2.48. The summed E-state index contributed by atoms with van der Waals surface area (Å²) in [5.41, 5.74) is 3.15. The van der Waals surface area contributed by atoms with Crippen molar-refractivity contribution in [3.8, 4) is 0 Å². The number of hydrogen-bond donors (Lipinski definition) is 1. The fourth-order valence-electron chi connectivity index (χ4n) is 2.45. The van der Waals surface area contributed by atoms with E-state index >= 15 is 0 Å². The van der Waals surface area contributed by atoms with Crippen molar-refractivity contribution in [3.05, 3.63) is 71.3 Å². The van der Waals surface area contributed by atoms with Crippen LogP contribution in [0.2, 0.25) is 0 Å². The molecule has 0 fully saturated rings. The molecule has 22 heavy (non-hydrogen) atoms. The second-order valence-electron chi connectivity index (χ2n) is 6.00. The Kier molecular flexibility index (Phi) is 5.73. The van der Waals surface area contributed by atoms with Gasteiger partial charge < -0.3 is 10.2 Å². The van der Waals surface area contributed by atoms with E-state index in [-0.39, 0.29) is 11.9 Å². The topological polar surface area (TPSA) is 32.3 Å². The monoisotopic (exact) mass is 296 g/mol. The second-order valence-corrected chi connectivity index (χ2v) is 6.00. The van der Waals surface area contributed by atoms with Crippen molar-refractivity contribution in [2.24, 2.45) is 0 Å². The van der Waals surface area contributed by atoms with Gasteiger partial charge in [-0.05, 0) is 50.7 Å². The highest BCUT2D eigenvalue weighted by Gasteiger charge is 2.10. The molecular weight excluding hydrogens is 272 g/mol. The van der Waals surface area contributed by atoms with Crippen LogP contribution in [-0.2, 0) is 13.0 Å². The maximum Gasteiger partial charge on any atom is 0.251 e. The molecule has 0 bridgehead atoms. The van der Waals surface area contributed by atoms with Crippen LogP contribution in [0.25, 0.3) is 0 Å². The van der Waals surface area contributed by atoms with Crippen LogP contribution >= 0.6 is 0 Å². The van der Waals surface area contributed by atoms with Gasteiger partial charge in [-0.15, -0.1) is 0 Å². The second kappa shape index (κ2) is 7.76. The summed E-state index contributed by atoms with van der Waals surface area (Å²) in [5, 5.41) is 3.06. The number of benzene rings is 2. The number of nitrogens with one attached hydrogen (secondary N) is 1.